The minimum atomic E-state index is -0.495. The molecule has 1 heterocycles. The van der Waals surface area contributed by atoms with E-state index in [1.165, 1.54) is 0 Å². The largest absolute Gasteiger partial charge is 0.461 e. The van der Waals surface area contributed by atoms with Crippen molar-refractivity contribution in [2.75, 3.05) is 26.4 Å². The molecule has 1 N–H and O–H groups in total. The lowest BCUT2D eigenvalue weighted by atomic mass is 10.1. The van der Waals surface area contributed by atoms with Gasteiger partial charge in [-0.15, -0.1) is 0 Å². The Hall–Kier alpha value is -3.16. The average molecular weight is 470 g/mol. The Balaban J connectivity index is 1.78. The van der Waals surface area contributed by atoms with E-state index in [1.807, 2.05) is 12.1 Å². The summed E-state index contributed by atoms with van der Waals surface area (Å²) in [6, 6.07) is 16.0. The molecule has 0 radical (unpaired) electrons. The summed E-state index contributed by atoms with van der Waals surface area (Å²) in [6.07, 6.45) is 1.74. The number of ether oxygens (including phenoxy) is 2. The smallest absolute Gasteiger partial charge is 0.358 e. The number of hydrogen-bond donors (Lipinski definition) is 1. The third kappa shape index (κ3) is 6.66. The van der Waals surface area contributed by atoms with E-state index >= 15 is 0 Å². The summed E-state index contributed by atoms with van der Waals surface area (Å²) in [6.45, 7) is 5.98. The lowest BCUT2D eigenvalue weighted by Gasteiger charge is -2.09. The highest BCUT2D eigenvalue weighted by Crippen LogP contribution is 2.26. The van der Waals surface area contributed by atoms with Gasteiger partial charge < -0.3 is 14.8 Å². The Labute approximate surface area is 198 Å². The molecule has 0 fully saturated rings. The Bertz CT molecular complexity index is 1060. The van der Waals surface area contributed by atoms with Crippen molar-refractivity contribution in [1.29, 1.82) is 0 Å². The second-order valence-electron chi connectivity index (χ2n) is 7.32. The summed E-state index contributed by atoms with van der Waals surface area (Å²) >= 11 is 6.03. The summed E-state index contributed by atoms with van der Waals surface area (Å²) in [5.41, 5.74) is 3.00. The summed E-state index contributed by atoms with van der Waals surface area (Å²) in [7, 11) is 0. The van der Waals surface area contributed by atoms with Gasteiger partial charge >= 0.3 is 5.97 Å². The van der Waals surface area contributed by atoms with Crippen LogP contribution in [-0.2, 0) is 9.47 Å². The van der Waals surface area contributed by atoms with Crippen molar-refractivity contribution in [2.45, 2.75) is 26.7 Å². The molecule has 3 aromatic rings. The molecular weight excluding hydrogens is 442 g/mol. The van der Waals surface area contributed by atoms with Gasteiger partial charge in [0.2, 0.25) is 0 Å². The van der Waals surface area contributed by atoms with Crippen molar-refractivity contribution in [3.05, 3.63) is 70.9 Å². The van der Waals surface area contributed by atoms with Crippen LogP contribution in [0.15, 0.2) is 54.6 Å². The first-order valence-electron chi connectivity index (χ1n) is 11.0. The molecule has 0 aliphatic carbocycles. The van der Waals surface area contributed by atoms with E-state index in [0.29, 0.717) is 35.1 Å². The maximum absolute atomic E-state index is 12.4. The number of aromatic nitrogens is 2. The topological polar surface area (TPSA) is 82.5 Å². The molecule has 33 heavy (non-hydrogen) atoms. The Kier molecular flexibility index (Phi) is 9.04. The average Bonchev–Trinajstić information content (AvgIpc) is 3.27. The fourth-order valence-electron chi connectivity index (χ4n) is 3.19. The van der Waals surface area contributed by atoms with Crippen LogP contribution in [0.25, 0.3) is 16.9 Å². The molecule has 8 heteroatoms. The van der Waals surface area contributed by atoms with Gasteiger partial charge in [0.25, 0.3) is 5.91 Å². The highest BCUT2D eigenvalue weighted by Gasteiger charge is 2.18. The number of nitrogens with one attached hydrogen (secondary N) is 1. The predicted octanol–water partition coefficient (Wildman–Crippen LogP) is 4.92. The molecule has 3 rings (SSSR count). The number of hydrogen-bond acceptors (Lipinski definition) is 5. The van der Waals surface area contributed by atoms with Gasteiger partial charge in [0.05, 0.1) is 18.0 Å². The normalized spacial score (nSPS) is 10.8. The quantitative estimate of drug-likeness (QED) is 0.318. The van der Waals surface area contributed by atoms with E-state index in [2.05, 4.69) is 17.3 Å². The minimum Gasteiger partial charge on any atom is -0.461 e. The molecule has 0 aliphatic heterocycles. The molecule has 174 valence electrons. The number of benzene rings is 2. The van der Waals surface area contributed by atoms with E-state index < -0.39 is 5.97 Å². The zero-order valence-corrected chi connectivity index (χ0v) is 19.6. The van der Waals surface area contributed by atoms with Crippen LogP contribution in [0.5, 0.6) is 0 Å². The monoisotopic (exact) mass is 469 g/mol. The van der Waals surface area contributed by atoms with Crippen LogP contribution in [0.1, 0.15) is 47.5 Å². The van der Waals surface area contributed by atoms with Crippen molar-refractivity contribution in [3.8, 4) is 16.9 Å². The molecule has 0 aliphatic rings. The van der Waals surface area contributed by atoms with Gasteiger partial charge in [-0.1, -0.05) is 30.7 Å². The Morgan fingerprint density at radius 2 is 1.76 bits per heavy atom. The number of amides is 1. The summed E-state index contributed by atoms with van der Waals surface area (Å²) in [4.78, 5) is 24.7. The van der Waals surface area contributed by atoms with Crippen molar-refractivity contribution < 1.29 is 19.1 Å². The molecule has 0 saturated carbocycles. The summed E-state index contributed by atoms with van der Waals surface area (Å²) in [5, 5.41) is 7.96. The van der Waals surface area contributed by atoms with Crippen LogP contribution < -0.4 is 5.32 Å². The van der Waals surface area contributed by atoms with E-state index in [-0.39, 0.29) is 18.2 Å². The third-order valence-corrected chi connectivity index (χ3v) is 5.06. The van der Waals surface area contributed by atoms with Gasteiger partial charge in [-0.3, -0.25) is 4.79 Å². The molecule has 7 nitrogen and oxygen atoms in total. The van der Waals surface area contributed by atoms with Gasteiger partial charge in [0.1, 0.15) is 0 Å². The van der Waals surface area contributed by atoms with Crippen molar-refractivity contribution >= 4 is 23.5 Å². The number of carbonyl (C=O) groups is 2. The van der Waals surface area contributed by atoms with Crippen LogP contribution in [0, 0.1) is 0 Å². The van der Waals surface area contributed by atoms with Crippen LogP contribution in [0.4, 0.5) is 0 Å². The molecule has 0 bridgehead atoms. The van der Waals surface area contributed by atoms with Gasteiger partial charge in [-0.2, -0.15) is 5.10 Å². The first-order chi connectivity index (χ1) is 16.0. The maximum Gasteiger partial charge on any atom is 0.358 e. The Morgan fingerprint density at radius 1 is 1.03 bits per heavy atom. The van der Waals surface area contributed by atoms with E-state index in [9.17, 15) is 9.59 Å². The van der Waals surface area contributed by atoms with E-state index in [0.717, 1.165) is 25.0 Å². The molecular formula is C25H28ClN3O4. The second-order valence-corrected chi connectivity index (χ2v) is 7.76. The number of halogens is 1. The lowest BCUT2D eigenvalue weighted by Crippen LogP contribution is -2.25. The molecule has 0 saturated heterocycles. The van der Waals surface area contributed by atoms with Gasteiger partial charge in [0.15, 0.2) is 5.69 Å². The summed E-state index contributed by atoms with van der Waals surface area (Å²) in [5.74, 6) is -0.645. The number of esters is 1. The van der Waals surface area contributed by atoms with Gasteiger partial charge in [0, 0.05) is 35.9 Å². The zero-order valence-electron chi connectivity index (χ0n) is 18.8. The maximum atomic E-state index is 12.4. The molecule has 1 amide bonds. The van der Waals surface area contributed by atoms with Gasteiger partial charge in [-0.25, -0.2) is 9.48 Å². The standard InChI is InChI=1S/C25H28ClN3O4/c1-3-15-32-16-5-14-27-24(30)19-8-12-21(13-9-19)29-23(18-6-10-20(26)11-7-18)17-22(28-29)25(31)33-4-2/h6-13,17H,3-5,14-16H2,1-2H3,(H,27,30). The molecule has 0 spiro atoms. The SMILES string of the molecule is CCCOCCCNC(=O)c1ccc(-n2nc(C(=O)OCC)cc2-c2ccc(Cl)cc2)cc1. The zero-order chi connectivity index (χ0) is 23.6. The van der Waals surface area contributed by atoms with Crippen molar-refractivity contribution in [1.82, 2.24) is 15.1 Å². The lowest BCUT2D eigenvalue weighted by molar-refractivity contribution is 0.0518. The fourth-order valence-corrected chi connectivity index (χ4v) is 3.31. The molecule has 0 unspecified atom stereocenters. The Morgan fingerprint density at radius 3 is 2.42 bits per heavy atom. The molecule has 0 atom stereocenters. The predicted molar refractivity (Wildman–Crippen MR) is 128 cm³/mol. The highest BCUT2D eigenvalue weighted by molar-refractivity contribution is 6.30. The van der Waals surface area contributed by atoms with Crippen LogP contribution in [-0.4, -0.2) is 48.0 Å². The summed E-state index contributed by atoms with van der Waals surface area (Å²) < 4.78 is 12.2. The first-order valence-corrected chi connectivity index (χ1v) is 11.4. The number of nitrogens with zero attached hydrogens (tertiary/aromatic N) is 2. The van der Waals surface area contributed by atoms with E-state index in [1.54, 1.807) is 54.1 Å². The highest BCUT2D eigenvalue weighted by atomic mass is 35.5. The van der Waals surface area contributed by atoms with Crippen LogP contribution >= 0.6 is 11.6 Å². The number of rotatable bonds is 11. The second kappa shape index (κ2) is 12.2. The van der Waals surface area contributed by atoms with Crippen molar-refractivity contribution in [2.24, 2.45) is 0 Å². The molecule has 1 aromatic heterocycles. The molecule has 2 aromatic carbocycles. The minimum absolute atomic E-state index is 0.150. The van der Waals surface area contributed by atoms with Crippen LogP contribution in [0.3, 0.4) is 0 Å². The van der Waals surface area contributed by atoms with E-state index in [4.69, 9.17) is 21.1 Å². The third-order valence-electron chi connectivity index (χ3n) is 4.81. The number of carbonyl (C=O) groups excluding carboxylic acids is 2. The van der Waals surface area contributed by atoms with Crippen LogP contribution in [0.2, 0.25) is 5.02 Å². The van der Waals surface area contributed by atoms with Crippen molar-refractivity contribution in [3.63, 3.8) is 0 Å². The fraction of sp³-hybridized carbons (Fsp3) is 0.320. The van der Waals surface area contributed by atoms with Gasteiger partial charge in [-0.05, 0) is 62.2 Å². The first kappa shape index (κ1) is 24.5.